The van der Waals surface area contributed by atoms with E-state index < -0.39 is 27.3 Å². The third-order valence-corrected chi connectivity index (χ3v) is 6.66. The zero-order valence-electron chi connectivity index (χ0n) is 12.7. The highest BCUT2D eigenvalue weighted by molar-refractivity contribution is 7.99. The summed E-state index contributed by atoms with van der Waals surface area (Å²) in [6, 6.07) is 5.69. The molecule has 1 aliphatic heterocycles. The minimum absolute atomic E-state index is 0.0612. The standard InChI is InChI=1S/C15H19NO5S2/c1-2-23(20,21)12-5-3-4-11(10-12)13(17)16-15(14(18)19)6-8-22-9-7-15/h3-5,10H,2,6-9H2,1H3,(H,16,17)(H,18,19). The first-order chi connectivity index (χ1) is 10.8. The van der Waals surface area contributed by atoms with E-state index in [0.717, 1.165) is 0 Å². The van der Waals surface area contributed by atoms with Gasteiger partial charge in [-0.05, 0) is 42.5 Å². The van der Waals surface area contributed by atoms with Gasteiger partial charge in [0.05, 0.1) is 10.6 Å². The SMILES string of the molecule is CCS(=O)(=O)c1cccc(C(=O)NC2(C(=O)O)CCSCC2)c1. The van der Waals surface area contributed by atoms with Crippen LogP contribution in [-0.4, -0.2) is 48.2 Å². The van der Waals surface area contributed by atoms with Crippen LogP contribution in [0.15, 0.2) is 29.2 Å². The Morgan fingerprint density at radius 3 is 2.52 bits per heavy atom. The van der Waals surface area contributed by atoms with Gasteiger partial charge in [-0.25, -0.2) is 13.2 Å². The molecule has 6 nitrogen and oxygen atoms in total. The quantitative estimate of drug-likeness (QED) is 0.829. The maximum Gasteiger partial charge on any atom is 0.329 e. The molecule has 0 aromatic heterocycles. The Kier molecular flexibility index (Phi) is 5.36. The molecular formula is C15H19NO5S2. The Morgan fingerprint density at radius 2 is 1.96 bits per heavy atom. The number of rotatable bonds is 5. The molecule has 126 valence electrons. The van der Waals surface area contributed by atoms with Gasteiger partial charge in [-0.2, -0.15) is 11.8 Å². The number of carbonyl (C=O) groups excluding carboxylic acids is 1. The van der Waals surface area contributed by atoms with Gasteiger partial charge in [-0.3, -0.25) is 4.79 Å². The zero-order chi connectivity index (χ0) is 17.1. The summed E-state index contributed by atoms with van der Waals surface area (Å²) in [4.78, 5) is 24.1. The van der Waals surface area contributed by atoms with E-state index in [-0.39, 0.29) is 16.2 Å². The molecule has 0 saturated carbocycles. The summed E-state index contributed by atoms with van der Waals surface area (Å²) in [6.07, 6.45) is 0.706. The predicted molar refractivity (Wildman–Crippen MR) is 88.6 cm³/mol. The Labute approximate surface area is 139 Å². The molecular weight excluding hydrogens is 338 g/mol. The maximum absolute atomic E-state index is 12.4. The highest BCUT2D eigenvalue weighted by Crippen LogP contribution is 2.28. The Bertz CT molecular complexity index is 708. The fourth-order valence-electron chi connectivity index (χ4n) is 2.40. The number of thioether (sulfide) groups is 1. The van der Waals surface area contributed by atoms with Crippen LogP contribution in [-0.2, 0) is 14.6 Å². The van der Waals surface area contributed by atoms with Crippen molar-refractivity contribution in [3.8, 4) is 0 Å². The predicted octanol–water partition coefficient (Wildman–Crippen LogP) is 1.56. The Hall–Kier alpha value is -1.54. The van der Waals surface area contributed by atoms with Crippen LogP contribution in [0.25, 0.3) is 0 Å². The fourth-order valence-corrected chi connectivity index (χ4v) is 4.51. The molecule has 1 saturated heterocycles. The lowest BCUT2D eigenvalue weighted by Gasteiger charge is -2.33. The zero-order valence-corrected chi connectivity index (χ0v) is 14.4. The molecule has 2 rings (SSSR count). The topological polar surface area (TPSA) is 101 Å². The number of carboxylic acid groups (broad SMARTS) is 1. The van der Waals surface area contributed by atoms with Crippen molar-refractivity contribution in [2.75, 3.05) is 17.3 Å². The summed E-state index contributed by atoms with van der Waals surface area (Å²) >= 11 is 1.65. The molecule has 23 heavy (non-hydrogen) atoms. The molecule has 2 N–H and O–H groups in total. The van der Waals surface area contributed by atoms with E-state index in [1.165, 1.54) is 31.2 Å². The summed E-state index contributed by atoms with van der Waals surface area (Å²) in [5, 5.41) is 12.1. The monoisotopic (exact) mass is 357 g/mol. The van der Waals surface area contributed by atoms with Gasteiger partial charge in [-0.1, -0.05) is 13.0 Å². The third-order valence-electron chi connectivity index (χ3n) is 3.94. The molecule has 1 fully saturated rings. The summed E-state index contributed by atoms with van der Waals surface area (Å²) in [7, 11) is -3.42. The second-order valence-corrected chi connectivity index (χ2v) is 8.89. The van der Waals surface area contributed by atoms with Crippen molar-refractivity contribution < 1.29 is 23.1 Å². The van der Waals surface area contributed by atoms with Crippen LogP contribution in [0.4, 0.5) is 0 Å². The summed E-state index contributed by atoms with van der Waals surface area (Å²) in [5.41, 5.74) is -1.12. The van der Waals surface area contributed by atoms with Gasteiger partial charge in [0.2, 0.25) is 0 Å². The molecule has 8 heteroatoms. The first-order valence-corrected chi connectivity index (χ1v) is 10.1. The van der Waals surface area contributed by atoms with Crippen LogP contribution in [0.3, 0.4) is 0 Å². The molecule has 1 aromatic rings. The number of benzene rings is 1. The van der Waals surface area contributed by atoms with Gasteiger partial charge in [0.15, 0.2) is 9.84 Å². The van der Waals surface area contributed by atoms with E-state index in [1.54, 1.807) is 11.8 Å². The number of aliphatic carboxylic acids is 1. The van der Waals surface area contributed by atoms with Gasteiger partial charge in [-0.15, -0.1) is 0 Å². The molecule has 0 radical (unpaired) electrons. The molecule has 1 amide bonds. The van der Waals surface area contributed by atoms with Crippen LogP contribution in [0.5, 0.6) is 0 Å². The number of sulfone groups is 1. The van der Waals surface area contributed by atoms with Gasteiger partial charge in [0.1, 0.15) is 5.54 Å². The number of nitrogens with one attached hydrogen (secondary N) is 1. The largest absolute Gasteiger partial charge is 0.480 e. The van der Waals surface area contributed by atoms with E-state index >= 15 is 0 Å². The second kappa shape index (κ2) is 6.92. The average Bonchev–Trinajstić information content (AvgIpc) is 2.55. The summed E-state index contributed by atoms with van der Waals surface area (Å²) in [5.74, 6) is -0.349. The van der Waals surface area contributed by atoms with Crippen molar-refractivity contribution in [1.29, 1.82) is 0 Å². The van der Waals surface area contributed by atoms with Crippen molar-refractivity contribution in [3.05, 3.63) is 29.8 Å². The normalized spacial score (nSPS) is 17.4. The number of carbonyl (C=O) groups is 2. The highest BCUT2D eigenvalue weighted by atomic mass is 32.2. The molecule has 1 heterocycles. The smallest absolute Gasteiger partial charge is 0.329 e. The van der Waals surface area contributed by atoms with E-state index in [9.17, 15) is 23.1 Å². The summed E-state index contributed by atoms with van der Waals surface area (Å²) < 4.78 is 23.8. The van der Waals surface area contributed by atoms with Crippen molar-refractivity contribution >= 4 is 33.5 Å². The number of hydrogen-bond donors (Lipinski definition) is 2. The second-order valence-electron chi connectivity index (χ2n) is 5.39. The Balaban J connectivity index is 2.27. The number of carboxylic acids is 1. The van der Waals surface area contributed by atoms with Crippen LogP contribution in [0.2, 0.25) is 0 Å². The molecule has 0 aliphatic carbocycles. The highest BCUT2D eigenvalue weighted by Gasteiger charge is 2.41. The van der Waals surface area contributed by atoms with E-state index in [4.69, 9.17) is 0 Å². The van der Waals surface area contributed by atoms with E-state index in [2.05, 4.69) is 5.32 Å². The third kappa shape index (κ3) is 3.87. The lowest BCUT2D eigenvalue weighted by atomic mass is 9.92. The van der Waals surface area contributed by atoms with Crippen LogP contribution < -0.4 is 5.32 Å². The lowest BCUT2D eigenvalue weighted by Crippen LogP contribution is -2.56. The number of amides is 1. The van der Waals surface area contributed by atoms with Gasteiger partial charge < -0.3 is 10.4 Å². The van der Waals surface area contributed by atoms with Gasteiger partial charge >= 0.3 is 5.97 Å². The van der Waals surface area contributed by atoms with E-state index in [0.29, 0.717) is 24.3 Å². The fraction of sp³-hybridized carbons (Fsp3) is 0.467. The van der Waals surface area contributed by atoms with Crippen molar-refractivity contribution in [2.45, 2.75) is 30.2 Å². The first kappa shape index (κ1) is 17.8. The molecule has 0 unspecified atom stereocenters. The van der Waals surface area contributed by atoms with Gasteiger partial charge in [0.25, 0.3) is 5.91 Å². The Morgan fingerprint density at radius 1 is 1.30 bits per heavy atom. The van der Waals surface area contributed by atoms with Crippen molar-refractivity contribution in [3.63, 3.8) is 0 Å². The van der Waals surface area contributed by atoms with Gasteiger partial charge in [0, 0.05) is 5.56 Å². The minimum Gasteiger partial charge on any atom is -0.480 e. The van der Waals surface area contributed by atoms with Crippen LogP contribution >= 0.6 is 11.8 Å². The molecule has 0 atom stereocenters. The van der Waals surface area contributed by atoms with Crippen LogP contribution in [0, 0.1) is 0 Å². The van der Waals surface area contributed by atoms with Crippen molar-refractivity contribution in [2.24, 2.45) is 0 Å². The lowest BCUT2D eigenvalue weighted by molar-refractivity contribution is -0.144. The number of hydrogen-bond acceptors (Lipinski definition) is 5. The minimum atomic E-state index is -3.42. The molecule has 0 spiro atoms. The van der Waals surface area contributed by atoms with Crippen molar-refractivity contribution in [1.82, 2.24) is 5.32 Å². The maximum atomic E-state index is 12.4. The first-order valence-electron chi connectivity index (χ1n) is 7.27. The van der Waals surface area contributed by atoms with E-state index in [1.807, 2.05) is 0 Å². The molecule has 1 aliphatic rings. The summed E-state index contributed by atoms with van der Waals surface area (Å²) in [6.45, 7) is 1.53. The molecule has 1 aromatic carbocycles. The average molecular weight is 357 g/mol. The van der Waals surface area contributed by atoms with Crippen LogP contribution in [0.1, 0.15) is 30.1 Å². The molecule has 0 bridgehead atoms.